The fourth-order valence-electron chi connectivity index (χ4n) is 4.03. The number of fused-ring (bicyclic) bond motifs is 1. The van der Waals surface area contributed by atoms with Gasteiger partial charge in [0.1, 0.15) is 17.0 Å². The van der Waals surface area contributed by atoms with Crippen LogP contribution in [0, 0.1) is 5.82 Å². The zero-order valence-corrected chi connectivity index (χ0v) is 16.6. The van der Waals surface area contributed by atoms with E-state index in [-0.39, 0.29) is 11.6 Å². The Morgan fingerprint density at radius 3 is 2.83 bits per heavy atom. The zero-order chi connectivity index (χ0) is 20.7. The molecule has 0 amide bonds. The third kappa shape index (κ3) is 3.07. The van der Waals surface area contributed by atoms with Gasteiger partial charge in [-0.2, -0.15) is 5.10 Å². The molecule has 3 heterocycles. The molecule has 0 atom stereocenters. The van der Waals surface area contributed by atoms with E-state index < -0.39 is 0 Å². The number of aromatic hydroxyl groups is 1. The first-order chi connectivity index (χ1) is 14.7. The van der Waals surface area contributed by atoms with Gasteiger partial charge in [-0.1, -0.05) is 25.1 Å². The van der Waals surface area contributed by atoms with E-state index in [1.807, 2.05) is 19.2 Å². The van der Waals surface area contributed by atoms with Crippen LogP contribution in [0.4, 0.5) is 4.39 Å². The van der Waals surface area contributed by atoms with Gasteiger partial charge in [0, 0.05) is 23.7 Å². The van der Waals surface area contributed by atoms with Gasteiger partial charge in [-0.15, -0.1) is 0 Å². The average Bonchev–Trinajstić information content (AvgIpc) is 3.42. The number of halogens is 1. The lowest BCUT2D eigenvalue weighted by Gasteiger charge is -2.11. The van der Waals surface area contributed by atoms with Crippen molar-refractivity contribution in [1.29, 1.82) is 0 Å². The van der Waals surface area contributed by atoms with Gasteiger partial charge in [0.25, 0.3) is 0 Å². The van der Waals surface area contributed by atoms with Crippen molar-refractivity contribution in [2.75, 3.05) is 13.1 Å². The van der Waals surface area contributed by atoms with Gasteiger partial charge >= 0.3 is 0 Å². The van der Waals surface area contributed by atoms with Crippen LogP contribution in [0.3, 0.4) is 0 Å². The van der Waals surface area contributed by atoms with E-state index in [9.17, 15) is 5.11 Å². The van der Waals surface area contributed by atoms with Crippen LogP contribution < -0.4 is 5.32 Å². The summed E-state index contributed by atoms with van der Waals surface area (Å²) in [7, 11) is 0. The topological polar surface area (TPSA) is 89.6 Å². The molecule has 2 aromatic carbocycles. The predicted octanol–water partition coefficient (Wildman–Crippen LogP) is 4.40. The van der Waals surface area contributed by atoms with Gasteiger partial charge < -0.3 is 15.4 Å². The number of aromatic nitrogens is 4. The van der Waals surface area contributed by atoms with Crippen LogP contribution in [0.2, 0.25) is 0 Å². The molecular weight excluding hydrogens is 381 g/mol. The normalized spacial score (nSPS) is 14.3. The molecular formula is C23H22FN5O. The van der Waals surface area contributed by atoms with Gasteiger partial charge in [-0.3, -0.25) is 5.10 Å². The minimum Gasteiger partial charge on any atom is -0.508 e. The lowest BCUT2D eigenvalue weighted by Crippen LogP contribution is -2.21. The number of phenols is 1. The summed E-state index contributed by atoms with van der Waals surface area (Å²) in [5.74, 6) is 0.421. The molecule has 30 heavy (non-hydrogen) atoms. The molecule has 1 aliphatic heterocycles. The molecule has 0 radical (unpaired) electrons. The van der Waals surface area contributed by atoms with Crippen molar-refractivity contribution < 1.29 is 9.50 Å². The van der Waals surface area contributed by atoms with E-state index in [1.165, 1.54) is 0 Å². The van der Waals surface area contributed by atoms with Crippen molar-refractivity contribution in [3.8, 4) is 28.4 Å². The molecule has 0 saturated heterocycles. The molecule has 0 spiro atoms. The maximum absolute atomic E-state index is 15.4. The third-order valence-electron chi connectivity index (χ3n) is 5.59. The molecule has 1 aliphatic rings. The number of H-pyrrole nitrogens is 2. The molecule has 0 aliphatic carbocycles. The summed E-state index contributed by atoms with van der Waals surface area (Å²) >= 11 is 0. The van der Waals surface area contributed by atoms with Crippen molar-refractivity contribution >= 4 is 16.5 Å². The molecule has 0 fully saturated rings. The molecule has 4 aromatic rings. The number of hydrogen-bond donors (Lipinski definition) is 4. The summed E-state index contributed by atoms with van der Waals surface area (Å²) in [6, 6.07) is 8.63. The van der Waals surface area contributed by atoms with Crippen LogP contribution in [0.5, 0.6) is 5.75 Å². The summed E-state index contributed by atoms with van der Waals surface area (Å²) in [4.78, 5) is 7.85. The van der Waals surface area contributed by atoms with Crippen molar-refractivity contribution in [3.05, 3.63) is 59.7 Å². The van der Waals surface area contributed by atoms with E-state index in [4.69, 9.17) is 0 Å². The molecule has 6 nitrogen and oxygen atoms in total. The average molecular weight is 403 g/mol. The highest BCUT2D eigenvalue weighted by Gasteiger charge is 2.19. The first-order valence-corrected chi connectivity index (χ1v) is 10.1. The van der Waals surface area contributed by atoms with Crippen molar-refractivity contribution in [2.24, 2.45) is 0 Å². The van der Waals surface area contributed by atoms with Crippen LogP contribution in [0.15, 0.2) is 42.6 Å². The maximum Gasteiger partial charge on any atom is 0.159 e. The van der Waals surface area contributed by atoms with Gasteiger partial charge in [0.2, 0.25) is 0 Å². The largest absolute Gasteiger partial charge is 0.508 e. The van der Waals surface area contributed by atoms with Crippen molar-refractivity contribution in [3.63, 3.8) is 0 Å². The second-order valence-corrected chi connectivity index (χ2v) is 7.45. The number of benzene rings is 2. The quantitative estimate of drug-likeness (QED) is 0.406. The lowest BCUT2D eigenvalue weighted by molar-refractivity contribution is 0.474. The standard InChI is InChI=1S/C23H22FN5O/c1-2-13-10-15(30)5-6-16(13)17-7-8-18-21(20(17)24)28-29-22(18)23-26-12-19(27-23)14-4-3-9-25-11-14/h4-8,10,12,25,30H,2-3,9,11H2,1H3,(H,26,27)(H,28,29). The number of aryl methyl sites for hydroxylation is 1. The predicted molar refractivity (Wildman–Crippen MR) is 116 cm³/mol. The number of hydrogen-bond acceptors (Lipinski definition) is 4. The minimum absolute atomic E-state index is 0.179. The van der Waals surface area contributed by atoms with Gasteiger partial charge in [0.15, 0.2) is 11.6 Å². The van der Waals surface area contributed by atoms with Crippen LogP contribution >= 0.6 is 0 Å². The Morgan fingerprint density at radius 1 is 1.17 bits per heavy atom. The van der Waals surface area contributed by atoms with Gasteiger partial charge in [-0.05, 0) is 54.3 Å². The highest BCUT2D eigenvalue weighted by Crippen LogP contribution is 2.35. The summed E-state index contributed by atoms with van der Waals surface area (Å²) < 4.78 is 15.4. The fourth-order valence-corrected chi connectivity index (χ4v) is 4.03. The molecule has 2 aromatic heterocycles. The summed E-state index contributed by atoms with van der Waals surface area (Å²) in [6.07, 6.45) is 5.72. The monoisotopic (exact) mass is 403 g/mol. The van der Waals surface area contributed by atoms with Crippen LogP contribution in [0.25, 0.3) is 39.1 Å². The number of nitrogens with one attached hydrogen (secondary N) is 3. The Morgan fingerprint density at radius 2 is 2.03 bits per heavy atom. The SMILES string of the molecule is CCc1cc(O)ccc1-c1ccc2c(-c3nc(C4=CCCNC4)c[nH]3)n[nH]c2c1F. The molecule has 152 valence electrons. The Balaban J connectivity index is 1.57. The smallest absolute Gasteiger partial charge is 0.159 e. The highest BCUT2D eigenvalue weighted by atomic mass is 19.1. The van der Waals surface area contributed by atoms with Gasteiger partial charge in [0.05, 0.1) is 5.69 Å². The number of rotatable bonds is 4. The number of imidazole rings is 1. The van der Waals surface area contributed by atoms with E-state index in [1.54, 1.807) is 24.3 Å². The van der Waals surface area contributed by atoms with Gasteiger partial charge in [-0.25, -0.2) is 9.37 Å². The first kappa shape index (κ1) is 18.6. The molecule has 0 saturated carbocycles. The van der Waals surface area contributed by atoms with Crippen molar-refractivity contribution in [1.82, 2.24) is 25.5 Å². The Hall–Kier alpha value is -3.45. The number of nitrogens with zero attached hydrogens (tertiary/aromatic N) is 2. The first-order valence-electron chi connectivity index (χ1n) is 10.1. The van der Waals surface area contributed by atoms with Crippen LogP contribution in [-0.2, 0) is 6.42 Å². The maximum atomic E-state index is 15.4. The minimum atomic E-state index is -0.363. The van der Waals surface area contributed by atoms with Crippen molar-refractivity contribution in [2.45, 2.75) is 19.8 Å². The molecule has 0 bridgehead atoms. The lowest BCUT2D eigenvalue weighted by atomic mass is 9.96. The molecule has 0 unspecified atom stereocenters. The second-order valence-electron chi connectivity index (χ2n) is 7.45. The number of phenolic OH excluding ortho intramolecular Hbond substituents is 1. The summed E-state index contributed by atoms with van der Waals surface area (Å²) in [5, 5.41) is 20.9. The fraction of sp³-hybridized carbons (Fsp3) is 0.217. The molecule has 4 N–H and O–H groups in total. The van der Waals surface area contributed by atoms with E-state index >= 15 is 4.39 Å². The summed E-state index contributed by atoms with van der Waals surface area (Å²) in [5.41, 5.74) is 5.09. The van der Waals surface area contributed by atoms with E-state index in [0.29, 0.717) is 34.4 Å². The third-order valence-corrected chi connectivity index (χ3v) is 5.59. The Kier molecular flexibility index (Phi) is 4.59. The highest BCUT2D eigenvalue weighted by molar-refractivity contribution is 5.94. The van der Waals surface area contributed by atoms with E-state index in [0.717, 1.165) is 41.9 Å². The zero-order valence-electron chi connectivity index (χ0n) is 16.6. The second kappa shape index (κ2) is 7.42. The van der Waals surface area contributed by atoms with Crippen LogP contribution in [-0.4, -0.2) is 38.4 Å². The number of aromatic amines is 2. The Bertz CT molecular complexity index is 1270. The van der Waals surface area contributed by atoms with E-state index in [2.05, 4.69) is 31.6 Å². The van der Waals surface area contributed by atoms with Crippen LogP contribution in [0.1, 0.15) is 24.6 Å². The molecule has 5 rings (SSSR count). The molecule has 7 heteroatoms. The summed E-state index contributed by atoms with van der Waals surface area (Å²) in [6.45, 7) is 3.75. The Labute approximate surface area is 172 Å².